The Morgan fingerprint density at radius 3 is 2.45 bits per heavy atom. The summed E-state index contributed by atoms with van der Waals surface area (Å²) in [6.07, 6.45) is 0.767. The molecule has 9 heteroatoms. The van der Waals surface area contributed by atoms with Gasteiger partial charge in [-0.05, 0) is 44.7 Å². The number of carbonyl (C=O) groups excluding carboxylic acids is 2. The van der Waals surface area contributed by atoms with E-state index in [2.05, 4.69) is 5.32 Å². The topological polar surface area (TPSA) is 126 Å². The minimum atomic E-state index is -1.16. The molecule has 0 spiro atoms. The van der Waals surface area contributed by atoms with Crippen molar-refractivity contribution in [3.05, 3.63) is 33.9 Å². The minimum Gasteiger partial charge on any atom is -0.449 e. The lowest BCUT2D eigenvalue weighted by Gasteiger charge is -2.28. The summed E-state index contributed by atoms with van der Waals surface area (Å²) in [5.74, 6) is -1.61. The fourth-order valence-corrected chi connectivity index (χ4v) is 2.96. The Bertz CT molecular complexity index is 842. The number of anilines is 1. The number of nitrogens with zero attached hydrogens (tertiary/aromatic N) is 3. The number of hydrogen-bond donors (Lipinski definition) is 1. The van der Waals surface area contributed by atoms with Gasteiger partial charge in [0.15, 0.2) is 6.10 Å². The fraction of sp³-hybridized carbons (Fsp3) is 0.550. The van der Waals surface area contributed by atoms with Crippen LogP contribution in [0.5, 0.6) is 0 Å². The van der Waals surface area contributed by atoms with Crippen LogP contribution in [0.2, 0.25) is 0 Å². The number of amides is 1. The average molecular weight is 402 g/mol. The zero-order valence-corrected chi connectivity index (χ0v) is 17.1. The lowest BCUT2D eigenvalue weighted by molar-refractivity contribution is -0.384. The summed E-state index contributed by atoms with van der Waals surface area (Å²) < 4.78 is 5.17. The first kappa shape index (κ1) is 22.1. The monoisotopic (exact) mass is 402 g/mol. The van der Waals surface area contributed by atoms with Gasteiger partial charge < -0.3 is 15.0 Å². The second-order valence-corrected chi connectivity index (χ2v) is 7.66. The standard InChI is InChI=1S/C20H26N4O5/c1-13(2)20(4,12-21)22-18(25)14(3)29-19(26)15-7-8-16(17(11-15)24(27)28)23-9-5-6-10-23/h7-8,11,13-14H,5-6,9-10H2,1-4H3,(H,22,25)/t14-,20+/m0/s1. The van der Waals surface area contributed by atoms with E-state index in [0.29, 0.717) is 5.69 Å². The molecular formula is C20H26N4O5. The summed E-state index contributed by atoms with van der Waals surface area (Å²) in [6.45, 7) is 8.02. The number of nitrogens with one attached hydrogen (secondary N) is 1. The fourth-order valence-electron chi connectivity index (χ4n) is 2.96. The number of carbonyl (C=O) groups is 2. The van der Waals surface area contributed by atoms with Crippen molar-refractivity contribution in [2.45, 2.75) is 52.2 Å². The molecular weight excluding hydrogens is 376 g/mol. The van der Waals surface area contributed by atoms with Gasteiger partial charge in [-0.3, -0.25) is 14.9 Å². The highest BCUT2D eigenvalue weighted by atomic mass is 16.6. The normalized spacial score (nSPS) is 16.6. The smallest absolute Gasteiger partial charge is 0.339 e. The van der Waals surface area contributed by atoms with Crippen molar-refractivity contribution >= 4 is 23.3 Å². The molecule has 1 fully saturated rings. The zero-order valence-electron chi connectivity index (χ0n) is 17.1. The van der Waals surface area contributed by atoms with Crippen LogP contribution < -0.4 is 10.2 Å². The van der Waals surface area contributed by atoms with Crippen molar-refractivity contribution in [1.29, 1.82) is 5.26 Å². The van der Waals surface area contributed by atoms with E-state index in [1.807, 2.05) is 11.0 Å². The molecule has 0 unspecified atom stereocenters. The SMILES string of the molecule is CC(C)[C@@](C)(C#N)NC(=O)[C@H](C)OC(=O)c1ccc(N2CCCC2)c([N+](=O)[O-])c1. The first-order chi connectivity index (χ1) is 13.6. The van der Waals surface area contributed by atoms with Crippen LogP contribution in [0.15, 0.2) is 18.2 Å². The van der Waals surface area contributed by atoms with Gasteiger partial charge in [0.1, 0.15) is 11.2 Å². The number of nitro groups is 1. The predicted octanol–water partition coefficient (Wildman–Crippen LogP) is 2.79. The third-order valence-electron chi connectivity index (χ3n) is 5.28. The van der Waals surface area contributed by atoms with E-state index in [-0.39, 0.29) is 17.2 Å². The van der Waals surface area contributed by atoms with Gasteiger partial charge in [0.2, 0.25) is 0 Å². The summed E-state index contributed by atoms with van der Waals surface area (Å²) in [7, 11) is 0. The third-order valence-corrected chi connectivity index (χ3v) is 5.28. The van der Waals surface area contributed by atoms with Crippen LogP contribution in [0.4, 0.5) is 11.4 Å². The van der Waals surface area contributed by atoms with E-state index >= 15 is 0 Å². The molecule has 29 heavy (non-hydrogen) atoms. The predicted molar refractivity (Wildman–Crippen MR) is 106 cm³/mol. The maximum Gasteiger partial charge on any atom is 0.339 e. The number of benzene rings is 1. The molecule has 0 aliphatic carbocycles. The molecule has 1 aliphatic rings. The highest BCUT2D eigenvalue weighted by Crippen LogP contribution is 2.32. The molecule has 0 radical (unpaired) electrons. The maximum atomic E-state index is 12.4. The summed E-state index contributed by atoms with van der Waals surface area (Å²) >= 11 is 0. The number of nitriles is 1. The molecule has 9 nitrogen and oxygen atoms in total. The molecule has 0 saturated carbocycles. The second-order valence-electron chi connectivity index (χ2n) is 7.66. The average Bonchev–Trinajstić information content (AvgIpc) is 3.21. The zero-order chi connectivity index (χ0) is 21.8. The van der Waals surface area contributed by atoms with Gasteiger partial charge in [-0.25, -0.2) is 4.79 Å². The highest BCUT2D eigenvalue weighted by molar-refractivity contribution is 5.94. The molecule has 1 aromatic rings. The highest BCUT2D eigenvalue weighted by Gasteiger charge is 2.33. The first-order valence-corrected chi connectivity index (χ1v) is 9.56. The lowest BCUT2D eigenvalue weighted by atomic mass is 9.90. The van der Waals surface area contributed by atoms with Crippen LogP contribution in [0.25, 0.3) is 0 Å². The molecule has 1 saturated heterocycles. The van der Waals surface area contributed by atoms with Crippen molar-refractivity contribution in [2.75, 3.05) is 18.0 Å². The van der Waals surface area contributed by atoms with Crippen LogP contribution in [0.3, 0.4) is 0 Å². The van der Waals surface area contributed by atoms with Crippen molar-refractivity contribution < 1.29 is 19.2 Å². The molecule has 156 valence electrons. The van der Waals surface area contributed by atoms with E-state index in [1.54, 1.807) is 20.8 Å². The minimum absolute atomic E-state index is 0.00815. The number of nitro benzene ring substituents is 1. The largest absolute Gasteiger partial charge is 0.449 e. The first-order valence-electron chi connectivity index (χ1n) is 9.56. The summed E-state index contributed by atoms with van der Waals surface area (Å²) in [4.78, 5) is 37.6. The molecule has 1 N–H and O–H groups in total. The van der Waals surface area contributed by atoms with Crippen LogP contribution in [0, 0.1) is 27.4 Å². The molecule has 1 heterocycles. The van der Waals surface area contributed by atoms with E-state index in [1.165, 1.54) is 25.1 Å². The van der Waals surface area contributed by atoms with Gasteiger partial charge in [-0.2, -0.15) is 5.26 Å². The Balaban J connectivity index is 2.14. The number of hydrogen-bond acceptors (Lipinski definition) is 7. The van der Waals surface area contributed by atoms with Crippen molar-refractivity contribution in [2.24, 2.45) is 5.92 Å². The summed E-state index contributed by atoms with van der Waals surface area (Å²) in [5, 5.41) is 23.4. The third kappa shape index (κ3) is 5.02. The molecule has 0 aromatic heterocycles. The number of rotatable bonds is 7. The van der Waals surface area contributed by atoms with Crippen LogP contribution in [0.1, 0.15) is 50.9 Å². The maximum absolute atomic E-state index is 12.4. The Kier molecular flexibility index (Phi) is 6.80. The quantitative estimate of drug-likeness (QED) is 0.422. The van der Waals surface area contributed by atoms with E-state index in [4.69, 9.17) is 4.74 Å². The second kappa shape index (κ2) is 8.90. The van der Waals surface area contributed by atoms with Gasteiger partial charge in [-0.15, -0.1) is 0 Å². The van der Waals surface area contributed by atoms with Crippen molar-refractivity contribution in [1.82, 2.24) is 5.32 Å². The Hall–Kier alpha value is -3.15. The van der Waals surface area contributed by atoms with Gasteiger partial charge >= 0.3 is 5.97 Å². The van der Waals surface area contributed by atoms with Crippen LogP contribution >= 0.6 is 0 Å². The van der Waals surface area contributed by atoms with E-state index in [9.17, 15) is 25.0 Å². The van der Waals surface area contributed by atoms with Crippen molar-refractivity contribution in [3.63, 3.8) is 0 Å². The summed E-state index contributed by atoms with van der Waals surface area (Å²) in [5.41, 5.74) is -0.813. The molecule has 1 amide bonds. The summed E-state index contributed by atoms with van der Waals surface area (Å²) in [6, 6.07) is 6.22. The molecule has 1 aromatic carbocycles. The molecule has 1 aliphatic heterocycles. The van der Waals surface area contributed by atoms with Crippen LogP contribution in [-0.2, 0) is 9.53 Å². The van der Waals surface area contributed by atoms with Gasteiger partial charge in [0.25, 0.3) is 11.6 Å². The number of ether oxygens (including phenoxy) is 1. The molecule has 2 rings (SSSR count). The lowest BCUT2D eigenvalue weighted by Crippen LogP contribution is -2.52. The van der Waals surface area contributed by atoms with Crippen LogP contribution in [-0.4, -0.2) is 41.5 Å². The number of esters is 1. The Morgan fingerprint density at radius 1 is 1.31 bits per heavy atom. The van der Waals surface area contributed by atoms with E-state index in [0.717, 1.165) is 25.9 Å². The van der Waals surface area contributed by atoms with Gasteiger partial charge in [0.05, 0.1) is 16.6 Å². The van der Waals surface area contributed by atoms with Crippen molar-refractivity contribution in [3.8, 4) is 6.07 Å². The molecule has 2 atom stereocenters. The van der Waals surface area contributed by atoms with Gasteiger partial charge in [-0.1, -0.05) is 13.8 Å². The van der Waals surface area contributed by atoms with Gasteiger partial charge in [0, 0.05) is 19.2 Å². The Labute approximate surface area is 169 Å². The van der Waals surface area contributed by atoms with E-state index < -0.39 is 28.4 Å². The molecule has 0 bridgehead atoms. The Morgan fingerprint density at radius 2 is 1.93 bits per heavy atom.